The lowest BCUT2D eigenvalue weighted by atomic mass is 10.1. The smallest absolute Gasteiger partial charge is 0.274 e. The van der Waals surface area contributed by atoms with Crippen LogP contribution in [0.1, 0.15) is 35.0 Å². The van der Waals surface area contributed by atoms with Gasteiger partial charge in [0.1, 0.15) is 17.2 Å². The fourth-order valence-electron chi connectivity index (χ4n) is 4.25. The van der Waals surface area contributed by atoms with Crippen LogP contribution in [0.3, 0.4) is 0 Å². The maximum atomic E-state index is 12.6. The van der Waals surface area contributed by atoms with Gasteiger partial charge in [0.15, 0.2) is 0 Å². The van der Waals surface area contributed by atoms with E-state index in [1.165, 1.54) is 6.08 Å². The van der Waals surface area contributed by atoms with Crippen LogP contribution in [0.2, 0.25) is 0 Å². The highest BCUT2D eigenvalue weighted by Crippen LogP contribution is 2.19. The van der Waals surface area contributed by atoms with Crippen molar-refractivity contribution in [3.63, 3.8) is 0 Å². The first-order valence-electron chi connectivity index (χ1n) is 12.3. The van der Waals surface area contributed by atoms with E-state index in [0.717, 1.165) is 45.7 Å². The Bertz CT molecular complexity index is 1280. The summed E-state index contributed by atoms with van der Waals surface area (Å²) in [6, 6.07) is 11.8. The molecule has 1 amide bonds. The number of hydrogen-bond acceptors (Lipinski definition) is 7. The molecular weight excluding hydrogens is 458 g/mol. The fraction of sp³-hybridized carbons (Fsp3) is 0.370. The number of benzene rings is 2. The van der Waals surface area contributed by atoms with Gasteiger partial charge in [0.2, 0.25) is 0 Å². The highest BCUT2D eigenvalue weighted by Gasteiger charge is 2.15. The second-order valence-electron chi connectivity index (χ2n) is 8.83. The Hall–Kier alpha value is -3.69. The molecule has 0 spiro atoms. The molecule has 36 heavy (non-hydrogen) atoms. The Morgan fingerprint density at radius 2 is 1.81 bits per heavy atom. The Balaban J connectivity index is 1.37. The van der Waals surface area contributed by atoms with Gasteiger partial charge in [-0.05, 0) is 62.0 Å². The highest BCUT2D eigenvalue weighted by atomic mass is 16.5. The lowest BCUT2D eigenvalue weighted by Crippen LogP contribution is -2.46. The molecule has 1 aliphatic rings. The molecule has 2 aromatic carbocycles. The molecule has 3 aromatic rings. The minimum absolute atomic E-state index is 0.0767. The second-order valence-corrected chi connectivity index (χ2v) is 8.83. The Morgan fingerprint density at radius 3 is 2.50 bits per heavy atom. The van der Waals surface area contributed by atoms with Gasteiger partial charge in [-0.15, -0.1) is 0 Å². The molecule has 9 heteroatoms. The van der Waals surface area contributed by atoms with Crippen molar-refractivity contribution in [3.05, 3.63) is 69.6 Å². The molecule has 0 bridgehead atoms. The molecular formula is C27H33N5O4. The fourth-order valence-corrected chi connectivity index (χ4v) is 4.25. The van der Waals surface area contributed by atoms with E-state index in [0.29, 0.717) is 34.5 Å². The number of carbonyl (C=O) groups excluding carboxylic acids is 1. The Morgan fingerprint density at radius 1 is 1.11 bits per heavy atom. The molecule has 0 unspecified atom stereocenters. The van der Waals surface area contributed by atoms with Gasteiger partial charge >= 0.3 is 0 Å². The molecule has 4 rings (SSSR count). The van der Waals surface area contributed by atoms with Crippen LogP contribution in [0, 0.1) is 0 Å². The summed E-state index contributed by atoms with van der Waals surface area (Å²) in [5.41, 5.74) is 1.60. The molecule has 9 nitrogen and oxygen atoms in total. The van der Waals surface area contributed by atoms with Crippen molar-refractivity contribution in [2.24, 2.45) is 0 Å². The van der Waals surface area contributed by atoms with Crippen LogP contribution in [0.4, 0.5) is 0 Å². The summed E-state index contributed by atoms with van der Waals surface area (Å²) in [6.45, 7) is 9.19. The summed E-state index contributed by atoms with van der Waals surface area (Å²) in [4.78, 5) is 37.2. The van der Waals surface area contributed by atoms with E-state index < -0.39 is 5.56 Å². The predicted octanol–water partition coefficient (Wildman–Crippen LogP) is 2.75. The average molecular weight is 492 g/mol. The minimum atomic E-state index is -0.455. The predicted molar refractivity (Wildman–Crippen MR) is 141 cm³/mol. The monoisotopic (exact) mass is 491 g/mol. The van der Waals surface area contributed by atoms with E-state index in [4.69, 9.17) is 4.74 Å². The van der Waals surface area contributed by atoms with E-state index in [-0.39, 0.29) is 17.4 Å². The van der Waals surface area contributed by atoms with Crippen molar-refractivity contribution < 1.29 is 14.6 Å². The Labute approximate surface area is 210 Å². The van der Waals surface area contributed by atoms with Crippen LogP contribution in [0.25, 0.3) is 22.9 Å². The molecule has 0 saturated carbocycles. The van der Waals surface area contributed by atoms with E-state index in [1.54, 1.807) is 49.6 Å². The SMILES string of the molecule is CCN1CCN(CCCNC(=O)c2ccc3nc(/C=C(\O)c4ccc(OC)cc4)c(=O)[nH]c3c2)CC1. The highest BCUT2D eigenvalue weighted by molar-refractivity contribution is 5.97. The van der Waals surface area contributed by atoms with E-state index in [9.17, 15) is 14.7 Å². The normalized spacial score (nSPS) is 15.2. The lowest BCUT2D eigenvalue weighted by Gasteiger charge is -2.33. The molecule has 1 aromatic heterocycles. The minimum Gasteiger partial charge on any atom is -0.507 e. The molecule has 0 radical (unpaired) electrons. The van der Waals surface area contributed by atoms with Crippen LogP contribution in [-0.2, 0) is 0 Å². The van der Waals surface area contributed by atoms with Gasteiger partial charge < -0.3 is 29.9 Å². The Kier molecular flexibility index (Phi) is 8.35. The van der Waals surface area contributed by atoms with Crippen molar-refractivity contribution in [2.45, 2.75) is 13.3 Å². The summed E-state index contributed by atoms with van der Waals surface area (Å²) in [7, 11) is 1.56. The van der Waals surface area contributed by atoms with Crippen LogP contribution in [0.15, 0.2) is 47.3 Å². The molecule has 1 aliphatic heterocycles. The first kappa shape index (κ1) is 25.4. The van der Waals surface area contributed by atoms with Gasteiger partial charge in [0.05, 0.1) is 18.1 Å². The number of carbonyl (C=O) groups is 1. The lowest BCUT2D eigenvalue weighted by molar-refractivity contribution is 0.0948. The van der Waals surface area contributed by atoms with E-state index in [2.05, 4.69) is 32.0 Å². The van der Waals surface area contributed by atoms with Gasteiger partial charge in [-0.2, -0.15) is 0 Å². The number of aromatic nitrogens is 2. The summed E-state index contributed by atoms with van der Waals surface area (Å²) in [5.74, 6) is 0.395. The number of aliphatic hydroxyl groups is 1. The largest absolute Gasteiger partial charge is 0.507 e. The van der Waals surface area contributed by atoms with Crippen molar-refractivity contribution in [2.75, 3.05) is 52.9 Å². The first-order valence-corrected chi connectivity index (χ1v) is 12.3. The molecule has 190 valence electrons. The van der Waals surface area contributed by atoms with Gasteiger partial charge in [-0.25, -0.2) is 4.98 Å². The summed E-state index contributed by atoms with van der Waals surface area (Å²) in [5, 5.41) is 13.4. The maximum Gasteiger partial charge on any atom is 0.274 e. The van der Waals surface area contributed by atoms with Gasteiger partial charge in [-0.3, -0.25) is 9.59 Å². The second kappa shape index (κ2) is 11.8. The number of hydrogen-bond donors (Lipinski definition) is 3. The van der Waals surface area contributed by atoms with E-state index in [1.807, 2.05) is 0 Å². The quantitative estimate of drug-likeness (QED) is 0.312. The summed E-state index contributed by atoms with van der Waals surface area (Å²) >= 11 is 0. The number of aliphatic hydroxyl groups excluding tert-OH is 1. The van der Waals surface area contributed by atoms with Crippen molar-refractivity contribution in [1.82, 2.24) is 25.1 Å². The standard InChI is InChI=1S/C27H33N5O4/c1-3-31-13-15-32(16-14-31)12-4-11-28-26(34)20-7-10-22-23(17-20)30-27(35)24(29-22)18-25(33)19-5-8-21(36-2)9-6-19/h5-10,17-18,33H,3-4,11-16H2,1-2H3,(H,28,34)(H,30,35)/b25-18-. The number of nitrogens with zero attached hydrogens (tertiary/aromatic N) is 3. The van der Waals surface area contributed by atoms with Crippen molar-refractivity contribution >= 4 is 28.8 Å². The number of nitrogens with one attached hydrogen (secondary N) is 2. The van der Waals surface area contributed by atoms with Crippen molar-refractivity contribution in [3.8, 4) is 5.75 Å². The first-order chi connectivity index (χ1) is 17.5. The molecule has 3 N–H and O–H groups in total. The topological polar surface area (TPSA) is 111 Å². The number of fused-ring (bicyclic) bond motifs is 1. The number of rotatable bonds is 9. The maximum absolute atomic E-state index is 12.6. The van der Waals surface area contributed by atoms with Crippen LogP contribution in [-0.4, -0.2) is 83.7 Å². The summed E-state index contributed by atoms with van der Waals surface area (Å²) < 4.78 is 5.12. The number of piperazine rings is 1. The zero-order valence-corrected chi connectivity index (χ0v) is 20.8. The molecule has 0 aliphatic carbocycles. The van der Waals surface area contributed by atoms with Crippen LogP contribution >= 0.6 is 0 Å². The zero-order valence-electron chi connectivity index (χ0n) is 20.8. The third-order valence-corrected chi connectivity index (χ3v) is 6.49. The van der Waals surface area contributed by atoms with Crippen molar-refractivity contribution in [1.29, 1.82) is 0 Å². The summed E-state index contributed by atoms with van der Waals surface area (Å²) in [6.07, 6.45) is 2.21. The number of likely N-dealkylation sites (N-methyl/N-ethyl adjacent to an activating group) is 1. The zero-order chi connectivity index (χ0) is 25.5. The number of H-pyrrole nitrogens is 1. The average Bonchev–Trinajstić information content (AvgIpc) is 2.91. The molecule has 1 saturated heterocycles. The number of aromatic amines is 1. The third-order valence-electron chi connectivity index (χ3n) is 6.49. The molecule has 0 atom stereocenters. The molecule has 1 fully saturated rings. The number of ether oxygens (including phenoxy) is 1. The third kappa shape index (κ3) is 6.30. The van der Waals surface area contributed by atoms with E-state index >= 15 is 0 Å². The number of methoxy groups -OCH3 is 1. The molecule has 2 heterocycles. The van der Waals surface area contributed by atoms with Gasteiger partial charge in [-0.1, -0.05) is 6.92 Å². The van der Waals surface area contributed by atoms with Gasteiger partial charge in [0, 0.05) is 49.9 Å². The number of amides is 1. The van der Waals surface area contributed by atoms with Crippen LogP contribution < -0.4 is 15.6 Å². The van der Waals surface area contributed by atoms with Gasteiger partial charge in [0.25, 0.3) is 11.5 Å². The van der Waals surface area contributed by atoms with Crippen LogP contribution in [0.5, 0.6) is 5.75 Å².